The van der Waals surface area contributed by atoms with Crippen LogP contribution in [0.3, 0.4) is 0 Å². The largest absolute Gasteiger partial charge is 0.343 e. The first-order chi connectivity index (χ1) is 16.7. The number of nitrogens with one attached hydrogen (secondary N) is 1. The quantitative estimate of drug-likeness (QED) is 0.488. The smallest absolute Gasteiger partial charge is 0.243 e. The number of thiazole rings is 1. The second kappa shape index (κ2) is 10.7. The Balaban J connectivity index is 1.56. The molecule has 3 atom stereocenters. The molecule has 1 fully saturated rings. The highest BCUT2D eigenvalue weighted by molar-refractivity contribution is 7.11. The van der Waals surface area contributed by atoms with Gasteiger partial charge in [-0.15, -0.1) is 11.3 Å². The van der Waals surface area contributed by atoms with Crippen LogP contribution in [-0.4, -0.2) is 40.5 Å². The normalized spacial score (nSPS) is 18.6. The van der Waals surface area contributed by atoms with E-state index in [-0.39, 0.29) is 31.2 Å². The lowest BCUT2D eigenvalue weighted by Crippen LogP contribution is -2.47. The lowest BCUT2D eigenvalue weighted by molar-refractivity contribution is -0.138. The fraction of sp³-hybridized carbons (Fsp3) is 0.393. The Morgan fingerprint density at radius 1 is 1.06 bits per heavy atom. The van der Waals surface area contributed by atoms with E-state index >= 15 is 0 Å². The Morgan fingerprint density at radius 2 is 1.69 bits per heavy atom. The first kappa shape index (κ1) is 25.0. The van der Waals surface area contributed by atoms with Crippen molar-refractivity contribution in [2.45, 2.75) is 64.7 Å². The molecule has 4 rings (SSSR count). The van der Waals surface area contributed by atoms with Crippen LogP contribution in [0.2, 0.25) is 0 Å². The minimum absolute atomic E-state index is 0.000442. The summed E-state index contributed by atoms with van der Waals surface area (Å²) in [6, 6.07) is 16.7. The molecule has 1 saturated heterocycles. The van der Waals surface area contributed by atoms with Gasteiger partial charge in [-0.05, 0) is 36.5 Å². The van der Waals surface area contributed by atoms with E-state index in [0.717, 1.165) is 21.0 Å². The number of halogens is 1. The van der Waals surface area contributed by atoms with E-state index in [1.165, 1.54) is 21.8 Å². The van der Waals surface area contributed by atoms with E-state index in [9.17, 15) is 14.0 Å². The van der Waals surface area contributed by atoms with Crippen LogP contribution < -0.4 is 5.32 Å². The molecule has 1 aromatic heterocycles. The molecular weight excluding hydrogens is 461 g/mol. The lowest BCUT2D eigenvalue weighted by atomic mass is 9.95. The van der Waals surface area contributed by atoms with Crippen LogP contribution in [0.15, 0.2) is 54.6 Å². The molecule has 3 aromatic rings. The van der Waals surface area contributed by atoms with E-state index in [1.807, 2.05) is 56.3 Å². The van der Waals surface area contributed by atoms with E-state index in [0.29, 0.717) is 11.6 Å². The second-order valence-electron chi connectivity index (χ2n) is 9.48. The molecule has 0 saturated carbocycles. The van der Waals surface area contributed by atoms with Gasteiger partial charge in [-0.2, -0.15) is 0 Å². The summed E-state index contributed by atoms with van der Waals surface area (Å²) in [5.41, 5.74) is 3.79. The van der Waals surface area contributed by atoms with E-state index in [1.54, 1.807) is 0 Å². The molecule has 0 radical (unpaired) electrons. The number of amides is 2. The van der Waals surface area contributed by atoms with Crippen LogP contribution in [0.1, 0.15) is 64.5 Å². The maximum absolute atomic E-state index is 14.5. The van der Waals surface area contributed by atoms with Crippen LogP contribution in [0.25, 0.3) is 0 Å². The van der Waals surface area contributed by atoms with Crippen molar-refractivity contribution in [3.05, 3.63) is 86.9 Å². The standard InChI is InChI=1S/C28H32FN3O2S/c1-17(2)20-10-12-22(13-11-20)27(21-8-6-5-7-9-21)31-28(34)25-14-23(29)16-32(25)26(33)15-24-18(3)35-19(4)30-24/h5-13,17,23,25,27H,14-16H2,1-4H3,(H,31,34). The topological polar surface area (TPSA) is 62.3 Å². The Hall–Kier alpha value is -3.06. The SMILES string of the molecule is Cc1nc(CC(=O)N2CC(F)CC2C(=O)NC(c2ccccc2)c2ccc(C(C)C)cc2)c(C)s1. The number of carbonyl (C=O) groups excluding carboxylic acids is 2. The third-order valence-corrected chi connectivity index (χ3v) is 7.48. The van der Waals surface area contributed by atoms with Crippen molar-refractivity contribution in [2.75, 3.05) is 6.54 Å². The first-order valence-corrected chi connectivity index (χ1v) is 12.9. The summed E-state index contributed by atoms with van der Waals surface area (Å²) in [7, 11) is 0. The average molecular weight is 494 g/mol. The van der Waals surface area contributed by atoms with Gasteiger partial charge in [-0.25, -0.2) is 9.37 Å². The number of rotatable bonds is 7. The maximum Gasteiger partial charge on any atom is 0.243 e. The van der Waals surface area contributed by atoms with Gasteiger partial charge in [0.1, 0.15) is 12.2 Å². The molecule has 2 amide bonds. The minimum Gasteiger partial charge on any atom is -0.343 e. The maximum atomic E-state index is 14.5. The first-order valence-electron chi connectivity index (χ1n) is 12.0. The van der Waals surface area contributed by atoms with Crippen molar-refractivity contribution in [2.24, 2.45) is 0 Å². The van der Waals surface area contributed by atoms with Crippen molar-refractivity contribution >= 4 is 23.2 Å². The Morgan fingerprint density at radius 3 is 2.29 bits per heavy atom. The predicted octanol–water partition coefficient (Wildman–Crippen LogP) is 5.27. The molecule has 1 N–H and O–H groups in total. The van der Waals surface area contributed by atoms with Gasteiger partial charge in [-0.3, -0.25) is 9.59 Å². The molecule has 0 bridgehead atoms. The summed E-state index contributed by atoms with van der Waals surface area (Å²) in [5.74, 6) is -0.207. The summed E-state index contributed by atoms with van der Waals surface area (Å²) in [5, 5.41) is 4.00. The van der Waals surface area contributed by atoms with E-state index < -0.39 is 18.3 Å². The van der Waals surface area contributed by atoms with E-state index in [2.05, 4.69) is 36.3 Å². The van der Waals surface area contributed by atoms with Gasteiger partial charge in [0.05, 0.1) is 29.7 Å². The average Bonchev–Trinajstić information content (AvgIpc) is 3.39. The Bertz CT molecular complexity index is 1180. The Labute approximate surface area is 210 Å². The van der Waals surface area contributed by atoms with Gasteiger partial charge < -0.3 is 10.2 Å². The third kappa shape index (κ3) is 5.78. The number of carbonyl (C=O) groups is 2. The summed E-state index contributed by atoms with van der Waals surface area (Å²) in [6.45, 7) is 8.03. The Kier molecular flexibility index (Phi) is 7.65. The minimum atomic E-state index is -1.23. The highest BCUT2D eigenvalue weighted by atomic mass is 32.1. The molecule has 1 aliphatic heterocycles. The lowest BCUT2D eigenvalue weighted by Gasteiger charge is -2.27. The van der Waals surface area contributed by atoms with Crippen LogP contribution >= 0.6 is 11.3 Å². The van der Waals surface area contributed by atoms with Crippen LogP contribution in [0, 0.1) is 13.8 Å². The van der Waals surface area contributed by atoms with Gasteiger partial charge in [0, 0.05) is 11.3 Å². The highest BCUT2D eigenvalue weighted by Gasteiger charge is 2.40. The van der Waals surface area contributed by atoms with Gasteiger partial charge in [0.25, 0.3) is 0 Å². The number of hydrogen-bond acceptors (Lipinski definition) is 4. The highest BCUT2D eigenvalue weighted by Crippen LogP contribution is 2.28. The number of nitrogens with zero attached hydrogens (tertiary/aromatic N) is 2. The molecule has 5 nitrogen and oxygen atoms in total. The molecule has 0 aliphatic carbocycles. The zero-order valence-electron chi connectivity index (χ0n) is 20.6. The third-order valence-electron chi connectivity index (χ3n) is 6.55. The van der Waals surface area contributed by atoms with Crippen molar-refractivity contribution in [3.63, 3.8) is 0 Å². The number of aryl methyl sites for hydroxylation is 2. The monoisotopic (exact) mass is 493 g/mol. The number of benzene rings is 2. The summed E-state index contributed by atoms with van der Waals surface area (Å²) >= 11 is 1.53. The molecule has 3 unspecified atom stereocenters. The molecular formula is C28H32FN3O2S. The van der Waals surface area contributed by atoms with Gasteiger partial charge in [0.2, 0.25) is 11.8 Å². The fourth-order valence-electron chi connectivity index (χ4n) is 4.61. The van der Waals surface area contributed by atoms with Crippen molar-refractivity contribution < 1.29 is 14.0 Å². The molecule has 35 heavy (non-hydrogen) atoms. The van der Waals surface area contributed by atoms with Crippen molar-refractivity contribution in [1.82, 2.24) is 15.2 Å². The predicted molar refractivity (Wildman–Crippen MR) is 137 cm³/mol. The van der Waals surface area contributed by atoms with Gasteiger partial charge in [0.15, 0.2) is 0 Å². The summed E-state index contributed by atoms with van der Waals surface area (Å²) < 4.78 is 14.5. The molecule has 184 valence electrons. The number of hydrogen-bond donors (Lipinski definition) is 1. The zero-order valence-corrected chi connectivity index (χ0v) is 21.4. The molecule has 0 spiro atoms. The number of aromatic nitrogens is 1. The van der Waals surface area contributed by atoms with Crippen molar-refractivity contribution in [1.29, 1.82) is 0 Å². The second-order valence-corrected chi connectivity index (χ2v) is 10.9. The van der Waals surface area contributed by atoms with E-state index in [4.69, 9.17) is 0 Å². The molecule has 7 heteroatoms. The molecule has 2 heterocycles. The van der Waals surface area contributed by atoms with Gasteiger partial charge in [-0.1, -0.05) is 68.4 Å². The van der Waals surface area contributed by atoms with Crippen LogP contribution in [-0.2, 0) is 16.0 Å². The summed E-state index contributed by atoms with van der Waals surface area (Å²) in [4.78, 5) is 33.4. The van der Waals surface area contributed by atoms with Crippen molar-refractivity contribution in [3.8, 4) is 0 Å². The van der Waals surface area contributed by atoms with Gasteiger partial charge >= 0.3 is 0 Å². The number of alkyl halides is 1. The molecule has 1 aliphatic rings. The fourth-order valence-corrected chi connectivity index (χ4v) is 5.44. The summed E-state index contributed by atoms with van der Waals surface area (Å²) in [6.07, 6.45) is -1.15. The number of likely N-dealkylation sites (tertiary alicyclic amines) is 1. The molecule has 2 aromatic carbocycles. The van der Waals surface area contributed by atoms with Crippen LogP contribution in [0.4, 0.5) is 4.39 Å². The van der Waals surface area contributed by atoms with Crippen LogP contribution in [0.5, 0.6) is 0 Å². The zero-order chi connectivity index (χ0) is 25.1.